The van der Waals surface area contributed by atoms with Crippen molar-refractivity contribution < 1.29 is 4.74 Å². The summed E-state index contributed by atoms with van der Waals surface area (Å²) in [4.78, 5) is 7.70. The molecular formula is C12H17N3OS. The van der Waals surface area contributed by atoms with Crippen molar-refractivity contribution in [2.45, 2.75) is 26.3 Å². The molecule has 1 aromatic heterocycles. The van der Waals surface area contributed by atoms with E-state index >= 15 is 0 Å². The van der Waals surface area contributed by atoms with E-state index in [1.54, 1.807) is 0 Å². The molecule has 0 aromatic carbocycles. The minimum absolute atomic E-state index is 0.787. The molecule has 0 amide bonds. The first-order valence-electron chi connectivity index (χ1n) is 6.02. The average Bonchev–Trinajstić information content (AvgIpc) is 2.73. The summed E-state index contributed by atoms with van der Waals surface area (Å²) in [7, 11) is 0. The molecule has 2 rings (SSSR count). The van der Waals surface area contributed by atoms with Gasteiger partial charge in [0.25, 0.3) is 0 Å². The number of ether oxygens (including phenoxy) is 1. The third-order valence-electron chi connectivity index (χ3n) is 2.79. The van der Waals surface area contributed by atoms with Crippen LogP contribution in [0.5, 0.6) is 0 Å². The van der Waals surface area contributed by atoms with Gasteiger partial charge in [0.15, 0.2) is 0 Å². The molecule has 1 aromatic rings. The topological polar surface area (TPSA) is 49.2 Å². The maximum Gasteiger partial charge on any atom is 0.128 e. The van der Waals surface area contributed by atoms with E-state index in [9.17, 15) is 0 Å². The van der Waals surface area contributed by atoms with Gasteiger partial charge in [0, 0.05) is 13.1 Å². The molecule has 4 nitrogen and oxygen atoms in total. The summed E-state index contributed by atoms with van der Waals surface area (Å²) in [5, 5.41) is 10.1. The predicted molar refractivity (Wildman–Crippen MR) is 66.9 cm³/mol. The van der Waals surface area contributed by atoms with E-state index in [0.29, 0.717) is 0 Å². The molecule has 0 bridgehead atoms. The van der Waals surface area contributed by atoms with Gasteiger partial charge < -0.3 is 4.74 Å². The summed E-state index contributed by atoms with van der Waals surface area (Å²) in [6.45, 7) is 6.50. The van der Waals surface area contributed by atoms with Crippen molar-refractivity contribution in [3.05, 3.63) is 15.6 Å². The number of rotatable bonds is 4. The maximum absolute atomic E-state index is 9.05. The van der Waals surface area contributed by atoms with Crippen LogP contribution in [0.4, 0.5) is 0 Å². The van der Waals surface area contributed by atoms with E-state index in [1.165, 1.54) is 11.3 Å². The highest BCUT2D eigenvalue weighted by Crippen LogP contribution is 2.20. The SMILES string of the molecule is CCCc1nc(CN2CCOCC2)sc1C#N. The molecule has 0 saturated carbocycles. The fourth-order valence-electron chi connectivity index (χ4n) is 1.91. The van der Waals surface area contributed by atoms with Crippen molar-refractivity contribution in [3.8, 4) is 6.07 Å². The van der Waals surface area contributed by atoms with Crippen molar-refractivity contribution in [1.82, 2.24) is 9.88 Å². The van der Waals surface area contributed by atoms with Gasteiger partial charge in [-0.25, -0.2) is 4.98 Å². The van der Waals surface area contributed by atoms with Crippen molar-refractivity contribution in [3.63, 3.8) is 0 Å². The number of nitriles is 1. The Morgan fingerprint density at radius 3 is 2.88 bits per heavy atom. The van der Waals surface area contributed by atoms with Crippen molar-refractivity contribution in [2.75, 3.05) is 26.3 Å². The number of hydrogen-bond donors (Lipinski definition) is 0. The van der Waals surface area contributed by atoms with E-state index in [0.717, 1.165) is 61.3 Å². The summed E-state index contributed by atoms with van der Waals surface area (Å²) < 4.78 is 5.32. The summed E-state index contributed by atoms with van der Waals surface area (Å²) in [5.74, 6) is 0. The van der Waals surface area contributed by atoms with E-state index in [1.807, 2.05) is 0 Å². The molecule has 92 valence electrons. The van der Waals surface area contributed by atoms with Crippen LogP contribution in [-0.2, 0) is 17.7 Å². The number of aryl methyl sites for hydroxylation is 1. The Morgan fingerprint density at radius 2 is 2.24 bits per heavy atom. The standard InChI is InChI=1S/C12H17N3OS/c1-2-3-10-11(8-13)17-12(14-10)9-15-4-6-16-7-5-15/h2-7,9H2,1H3. The Hall–Kier alpha value is -0.960. The molecule has 0 aliphatic carbocycles. The molecule has 0 unspecified atom stereocenters. The van der Waals surface area contributed by atoms with E-state index < -0.39 is 0 Å². The fraction of sp³-hybridized carbons (Fsp3) is 0.667. The summed E-state index contributed by atoms with van der Waals surface area (Å²) in [6.07, 6.45) is 1.94. The van der Waals surface area contributed by atoms with E-state index in [4.69, 9.17) is 10.00 Å². The van der Waals surface area contributed by atoms with Gasteiger partial charge in [0.05, 0.1) is 25.5 Å². The molecule has 1 aliphatic rings. The molecule has 2 heterocycles. The van der Waals surface area contributed by atoms with Gasteiger partial charge in [-0.3, -0.25) is 4.90 Å². The Kier molecular flexibility index (Phi) is 4.49. The molecule has 1 saturated heterocycles. The van der Waals surface area contributed by atoms with Gasteiger partial charge in [-0.2, -0.15) is 5.26 Å². The number of hydrogen-bond acceptors (Lipinski definition) is 5. The molecule has 0 N–H and O–H groups in total. The van der Waals surface area contributed by atoms with E-state index in [2.05, 4.69) is 22.9 Å². The molecular weight excluding hydrogens is 234 g/mol. The van der Waals surface area contributed by atoms with Crippen LogP contribution < -0.4 is 0 Å². The first-order chi connectivity index (χ1) is 8.33. The monoisotopic (exact) mass is 251 g/mol. The third-order valence-corrected chi connectivity index (χ3v) is 3.78. The fourth-order valence-corrected chi connectivity index (χ4v) is 2.86. The zero-order chi connectivity index (χ0) is 12.1. The highest BCUT2D eigenvalue weighted by Gasteiger charge is 2.15. The van der Waals surface area contributed by atoms with Gasteiger partial charge in [-0.1, -0.05) is 13.3 Å². The smallest absolute Gasteiger partial charge is 0.128 e. The van der Waals surface area contributed by atoms with Crippen LogP contribution in [0, 0.1) is 11.3 Å². The lowest BCUT2D eigenvalue weighted by Crippen LogP contribution is -2.35. The number of thiazole rings is 1. The molecule has 1 fully saturated rings. The second kappa shape index (κ2) is 6.10. The first kappa shape index (κ1) is 12.5. The quantitative estimate of drug-likeness (QED) is 0.818. The second-order valence-electron chi connectivity index (χ2n) is 4.13. The van der Waals surface area contributed by atoms with Crippen LogP contribution in [0.2, 0.25) is 0 Å². The number of aromatic nitrogens is 1. The molecule has 17 heavy (non-hydrogen) atoms. The number of nitrogens with zero attached hydrogens (tertiary/aromatic N) is 3. The highest BCUT2D eigenvalue weighted by molar-refractivity contribution is 7.12. The third kappa shape index (κ3) is 3.25. The van der Waals surface area contributed by atoms with Crippen molar-refractivity contribution in [2.24, 2.45) is 0 Å². The minimum Gasteiger partial charge on any atom is -0.379 e. The Morgan fingerprint density at radius 1 is 1.47 bits per heavy atom. The summed E-state index contributed by atoms with van der Waals surface area (Å²) >= 11 is 1.54. The lowest BCUT2D eigenvalue weighted by atomic mass is 10.2. The van der Waals surface area contributed by atoms with Crippen LogP contribution in [-0.4, -0.2) is 36.2 Å². The van der Waals surface area contributed by atoms with E-state index in [-0.39, 0.29) is 0 Å². The second-order valence-corrected chi connectivity index (χ2v) is 5.22. The normalized spacial score (nSPS) is 16.9. The Balaban J connectivity index is 2.03. The zero-order valence-electron chi connectivity index (χ0n) is 10.1. The Labute approximate surface area is 106 Å². The molecule has 1 aliphatic heterocycles. The van der Waals surface area contributed by atoms with Gasteiger partial charge in [-0.05, 0) is 6.42 Å². The highest BCUT2D eigenvalue weighted by atomic mass is 32.1. The van der Waals surface area contributed by atoms with Crippen molar-refractivity contribution >= 4 is 11.3 Å². The average molecular weight is 251 g/mol. The maximum atomic E-state index is 9.05. The van der Waals surface area contributed by atoms with Gasteiger partial charge >= 0.3 is 0 Å². The lowest BCUT2D eigenvalue weighted by Gasteiger charge is -2.25. The van der Waals surface area contributed by atoms with Gasteiger partial charge in [0.1, 0.15) is 16.0 Å². The molecule has 0 radical (unpaired) electrons. The van der Waals surface area contributed by atoms with Crippen LogP contribution in [0.3, 0.4) is 0 Å². The largest absolute Gasteiger partial charge is 0.379 e. The van der Waals surface area contributed by atoms with Crippen LogP contribution >= 0.6 is 11.3 Å². The van der Waals surface area contributed by atoms with Gasteiger partial charge in [-0.15, -0.1) is 11.3 Å². The number of morpholine rings is 1. The predicted octanol–water partition coefficient (Wildman–Crippen LogP) is 1.80. The Bertz CT molecular complexity index is 404. The van der Waals surface area contributed by atoms with Gasteiger partial charge in [0.2, 0.25) is 0 Å². The minimum atomic E-state index is 0.787. The molecule has 0 spiro atoms. The van der Waals surface area contributed by atoms with Crippen LogP contribution in [0.15, 0.2) is 0 Å². The lowest BCUT2D eigenvalue weighted by molar-refractivity contribution is 0.0341. The summed E-state index contributed by atoms with van der Waals surface area (Å²) in [5.41, 5.74) is 0.975. The van der Waals surface area contributed by atoms with Crippen molar-refractivity contribution in [1.29, 1.82) is 5.26 Å². The zero-order valence-corrected chi connectivity index (χ0v) is 10.9. The van der Waals surface area contributed by atoms with Crippen LogP contribution in [0.1, 0.15) is 28.9 Å². The van der Waals surface area contributed by atoms with Crippen LogP contribution in [0.25, 0.3) is 0 Å². The summed E-state index contributed by atoms with van der Waals surface area (Å²) in [6, 6.07) is 2.25. The molecule has 0 atom stereocenters. The molecule has 5 heteroatoms. The first-order valence-corrected chi connectivity index (χ1v) is 6.84.